The van der Waals surface area contributed by atoms with Gasteiger partial charge in [-0.3, -0.25) is 0 Å². The number of benzene rings is 4. The van der Waals surface area contributed by atoms with Gasteiger partial charge in [-0.1, -0.05) is 60.7 Å². The Morgan fingerprint density at radius 3 is 1.96 bits per heavy atom. The summed E-state index contributed by atoms with van der Waals surface area (Å²) in [5.41, 5.74) is 1.87. The zero-order valence-electron chi connectivity index (χ0n) is 15.0. The third kappa shape index (κ3) is 3.80. The first kappa shape index (κ1) is 19.0. The minimum absolute atomic E-state index is 0.271. The summed E-state index contributed by atoms with van der Waals surface area (Å²) in [7, 11) is 0. The van der Waals surface area contributed by atoms with Crippen LogP contribution in [-0.2, 0) is 0 Å². The van der Waals surface area contributed by atoms with E-state index in [4.69, 9.17) is 0 Å². The van der Waals surface area contributed by atoms with Gasteiger partial charge in [0.05, 0.1) is 0 Å². The topological polar surface area (TPSA) is 0 Å². The molecule has 0 aliphatic heterocycles. The molecule has 0 aromatic heterocycles. The number of halogens is 2. The zero-order valence-corrected chi connectivity index (χ0v) is 16.7. The van der Waals surface area contributed by atoms with Crippen LogP contribution in [0.25, 0.3) is 33.0 Å². The highest BCUT2D eigenvalue weighted by Crippen LogP contribution is 2.33. The molecule has 0 bridgehead atoms. The van der Waals surface area contributed by atoms with Gasteiger partial charge in [0.1, 0.15) is 0 Å². The molecule has 4 aromatic carbocycles. The molecule has 0 aliphatic rings. The summed E-state index contributed by atoms with van der Waals surface area (Å²) in [5, 5.41) is 2.07. The number of fused-ring (bicyclic) bond motifs is 1. The molecule has 4 heteroatoms. The molecule has 4 rings (SSSR count). The van der Waals surface area contributed by atoms with Crippen LogP contribution in [0.15, 0.2) is 83.8 Å². The number of hydrogen-bond donors (Lipinski definition) is 1. The van der Waals surface area contributed by atoms with Crippen LogP contribution < -0.4 is 0 Å². The number of thiol groups is 1. The normalized spacial score (nSPS) is 11.1. The van der Waals surface area contributed by atoms with Gasteiger partial charge in [0.25, 0.3) is 0 Å². The molecule has 0 nitrogen and oxygen atoms in total. The Labute approximate surface area is 173 Å². The van der Waals surface area contributed by atoms with Crippen molar-refractivity contribution >= 4 is 35.2 Å². The molecule has 0 atom stereocenters. The molecule has 4 aromatic rings. The fraction of sp³-hybridized carbons (Fsp3) is 0.0833. The quantitative estimate of drug-likeness (QED) is 0.264. The molecule has 0 radical (unpaired) electrons. The summed E-state index contributed by atoms with van der Waals surface area (Å²) < 4.78 is 29.8. The molecule has 0 aliphatic carbocycles. The second kappa shape index (κ2) is 8.38. The molecule has 0 heterocycles. The van der Waals surface area contributed by atoms with Gasteiger partial charge in [-0.15, -0.1) is 11.8 Å². The smallest absolute Gasteiger partial charge is 0.167 e. The predicted molar refractivity (Wildman–Crippen MR) is 119 cm³/mol. The van der Waals surface area contributed by atoms with Crippen LogP contribution in [0.2, 0.25) is 0 Å². The third-order valence-electron chi connectivity index (χ3n) is 4.67. The van der Waals surface area contributed by atoms with Crippen molar-refractivity contribution in [1.82, 2.24) is 0 Å². The predicted octanol–water partition coefficient (Wildman–Crippen LogP) is 7.47. The Kier molecular flexibility index (Phi) is 5.69. The lowest BCUT2D eigenvalue weighted by atomic mass is 9.97. The summed E-state index contributed by atoms with van der Waals surface area (Å²) in [4.78, 5) is 1.09. The van der Waals surface area contributed by atoms with Crippen LogP contribution in [0.3, 0.4) is 0 Å². The second-order valence-electron chi connectivity index (χ2n) is 6.45. The monoisotopic (exact) mass is 408 g/mol. The van der Waals surface area contributed by atoms with E-state index < -0.39 is 11.6 Å². The highest BCUT2D eigenvalue weighted by Gasteiger charge is 2.16. The van der Waals surface area contributed by atoms with Gasteiger partial charge >= 0.3 is 0 Å². The van der Waals surface area contributed by atoms with Crippen LogP contribution in [0.5, 0.6) is 0 Å². The summed E-state index contributed by atoms with van der Waals surface area (Å²) in [6.45, 7) is 0. The van der Waals surface area contributed by atoms with Crippen LogP contribution >= 0.6 is 24.4 Å². The van der Waals surface area contributed by atoms with E-state index in [-0.39, 0.29) is 11.1 Å². The van der Waals surface area contributed by atoms with E-state index in [1.807, 2.05) is 66.7 Å². The highest BCUT2D eigenvalue weighted by atomic mass is 32.2. The fourth-order valence-corrected chi connectivity index (χ4v) is 4.18. The van der Waals surface area contributed by atoms with Crippen LogP contribution in [0.4, 0.5) is 8.78 Å². The molecule has 0 spiro atoms. The van der Waals surface area contributed by atoms with Gasteiger partial charge in [0, 0.05) is 21.8 Å². The van der Waals surface area contributed by atoms with Crippen molar-refractivity contribution in [3.8, 4) is 22.3 Å². The summed E-state index contributed by atoms with van der Waals surface area (Å²) in [6, 6.07) is 24.3. The fourth-order valence-electron chi connectivity index (χ4n) is 3.25. The average molecular weight is 409 g/mol. The van der Waals surface area contributed by atoms with Gasteiger partial charge in [0.2, 0.25) is 0 Å². The van der Waals surface area contributed by atoms with Crippen molar-refractivity contribution in [1.29, 1.82) is 0 Å². The molecular formula is C24H18F2S2. The molecule has 0 fully saturated rings. The Morgan fingerprint density at radius 1 is 0.679 bits per heavy atom. The maximum Gasteiger partial charge on any atom is 0.167 e. The van der Waals surface area contributed by atoms with Gasteiger partial charge < -0.3 is 0 Å². The van der Waals surface area contributed by atoms with E-state index in [1.165, 1.54) is 0 Å². The molecule has 140 valence electrons. The van der Waals surface area contributed by atoms with Crippen molar-refractivity contribution in [2.75, 3.05) is 11.5 Å². The maximum absolute atomic E-state index is 14.9. The van der Waals surface area contributed by atoms with Crippen LogP contribution in [-0.4, -0.2) is 11.5 Å². The molecule has 0 unspecified atom stereocenters. The first-order valence-corrected chi connectivity index (χ1v) is 10.6. The first-order valence-electron chi connectivity index (χ1n) is 8.98. The lowest BCUT2D eigenvalue weighted by Crippen LogP contribution is -1.94. The molecule has 0 saturated heterocycles. The minimum Gasteiger partial charge on any atom is -0.203 e. The summed E-state index contributed by atoms with van der Waals surface area (Å²) in [6.07, 6.45) is 0. The van der Waals surface area contributed by atoms with Crippen molar-refractivity contribution < 1.29 is 8.78 Å². The summed E-state index contributed by atoms with van der Waals surface area (Å²) in [5.74, 6) is 0.0664. The van der Waals surface area contributed by atoms with E-state index in [1.54, 1.807) is 23.9 Å². The molecule has 0 amide bonds. The largest absolute Gasteiger partial charge is 0.203 e. The van der Waals surface area contributed by atoms with E-state index in [2.05, 4.69) is 12.6 Å². The second-order valence-corrected chi connectivity index (χ2v) is 8.06. The lowest BCUT2D eigenvalue weighted by molar-refractivity contribution is 0.514. The van der Waals surface area contributed by atoms with Gasteiger partial charge in [-0.2, -0.15) is 12.6 Å². The van der Waals surface area contributed by atoms with E-state index in [9.17, 15) is 8.78 Å². The Morgan fingerprint density at radius 2 is 1.29 bits per heavy atom. The minimum atomic E-state index is -0.818. The van der Waals surface area contributed by atoms with Crippen LogP contribution in [0.1, 0.15) is 0 Å². The third-order valence-corrected chi connectivity index (χ3v) is 6.21. The highest BCUT2D eigenvalue weighted by molar-refractivity contribution is 8.00. The number of rotatable bonds is 5. The Bertz CT molecular complexity index is 1120. The number of thioether (sulfide) groups is 1. The molecule has 0 N–H and O–H groups in total. The van der Waals surface area contributed by atoms with Gasteiger partial charge in [-0.05, 0) is 45.9 Å². The van der Waals surface area contributed by atoms with Crippen molar-refractivity contribution in [3.05, 3.63) is 90.5 Å². The standard InChI is InChI=1S/C24H18F2S2/c25-23-21(17-7-9-20(10-8-17)28-14-13-27)11-12-22(24(23)26)19-6-5-16-3-1-2-4-18(16)15-19/h1-12,15,27H,13-14H2. The van der Waals surface area contributed by atoms with Crippen molar-refractivity contribution in [2.24, 2.45) is 0 Å². The number of hydrogen-bond acceptors (Lipinski definition) is 2. The Balaban J connectivity index is 1.69. The van der Waals surface area contributed by atoms with Crippen molar-refractivity contribution in [2.45, 2.75) is 4.90 Å². The maximum atomic E-state index is 14.9. The van der Waals surface area contributed by atoms with E-state index in [0.717, 1.165) is 27.2 Å². The van der Waals surface area contributed by atoms with Gasteiger partial charge in [-0.25, -0.2) is 8.78 Å². The van der Waals surface area contributed by atoms with E-state index in [0.29, 0.717) is 11.1 Å². The molecule has 28 heavy (non-hydrogen) atoms. The lowest BCUT2D eigenvalue weighted by Gasteiger charge is -2.10. The first-order chi connectivity index (χ1) is 13.7. The average Bonchev–Trinajstić information content (AvgIpc) is 2.74. The van der Waals surface area contributed by atoms with Crippen LogP contribution in [0, 0.1) is 11.6 Å². The SMILES string of the molecule is Fc1c(-c2ccc(SCCS)cc2)ccc(-c2ccc3ccccc3c2)c1F. The Hall–Kier alpha value is -2.30. The summed E-state index contributed by atoms with van der Waals surface area (Å²) >= 11 is 5.89. The van der Waals surface area contributed by atoms with E-state index >= 15 is 0 Å². The molecule has 0 saturated carbocycles. The van der Waals surface area contributed by atoms with Crippen molar-refractivity contribution in [3.63, 3.8) is 0 Å². The molecular weight excluding hydrogens is 390 g/mol. The zero-order chi connectivity index (χ0) is 19.5. The van der Waals surface area contributed by atoms with Gasteiger partial charge in [0.15, 0.2) is 11.6 Å².